The second-order valence-corrected chi connectivity index (χ2v) is 6.59. The predicted molar refractivity (Wildman–Crippen MR) is 87.4 cm³/mol. The largest absolute Gasteiger partial charge is 0.379 e. The van der Waals surface area contributed by atoms with Crippen molar-refractivity contribution in [2.45, 2.75) is 25.0 Å². The van der Waals surface area contributed by atoms with Gasteiger partial charge in [-0.3, -0.25) is 4.79 Å². The molecule has 0 bridgehead atoms. The molecule has 1 fully saturated rings. The SMILES string of the molecule is CN(C)CCNC[C@@]1(O)CCCN(Cc2ccc(F)c(F)c2)C1=O. The minimum Gasteiger partial charge on any atom is -0.379 e. The summed E-state index contributed by atoms with van der Waals surface area (Å²) < 4.78 is 26.3. The Morgan fingerprint density at radius 3 is 2.75 bits per heavy atom. The number of nitrogens with one attached hydrogen (secondary N) is 1. The lowest BCUT2D eigenvalue weighted by atomic mass is 9.91. The van der Waals surface area contributed by atoms with Crippen LogP contribution in [0.5, 0.6) is 0 Å². The molecule has 1 aliphatic rings. The summed E-state index contributed by atoms with van der Waals surface area (Å²) in [5.41, 5.74) is -0.935. The number of amides is 1. The molecule has 0 spiro atoms. The Morgan fingerprint density at radius 1 is 1.33 bits per heavy atom. The van der Waals surface area contributed by atoms with Crippen molar-refractivity contribution in [3.8, 4) is 0 Å². The number of likely N-dealkylation sites (tertiary alicyclic amines) is 1. The van der Waals surface area contributed by atoms with E-state index in [2.05, 4.69) is 5.32 Å². The monoisotopic (exact) mass is 341 g/mol. The minimum atomic E-state index is -1.44. The van der Waals surface area contributed by atoms with Crippen LogP contribution in [-0.2, 0) is 11.3 Å². The molecule has 0 aromatic heterocycles. The van der Waals surface area contributed by atoms with Gasteiger partial charge in [0.25, 0.3) is 5.91 Å². The average molecular weight is 341 g/mol. The van der Waals surface area contributed by atoms with E-state index in [1.807, 2.05) is 19.0 Å². The third-order valence-corrected chi connectivity index (χ3v) is 4.21. The number of carbonyl (C=O) groups is 1. The molecule has 5 nitrogen and oxygen atoms in total. The van der Waals surface area contributed by atoms with Crippen LogP contribution in [0.15, 0.2) is 18.2 Å². The van der Waals surface area contributed by atoms with Crippen molar-refractivity contribution in [3.05, 3.63) is 35.4 Å². The third-order valence-electron chi connectivity index (χ3n) is 4.21. The van der Waals surface area contributed by atoms with Crippen LogP contribution in [0.2, 0.25) is 0 Å². The van der Waals surface area contributed by atoms with Crippen molar-refractivity contribution in [2.24, 2.45) is 0 Å². The number of halogens is 2. The van der Waals surface area contributed by atoms with Gasteiger partial charge in [0.15, 0.2) is 17.2 Å². The maximum Gasteiger partial charge on any atom is 0.256 e. The molecule has 1 atom stereocenters. The molecule has 2 rings (SSSR count). The molecule has 0 unspecified atom stereocenters. The molecule has 1 amide bonds. The zero-order valence-electron chi connectivity index (χ0n) is 14.2. The molecule has 2 N–H and O–H groups in total. The fraction of sp³-hybridized carbons (Fsp3) is 0.588. The number of aliphatic hydroxyl groups is 1. The van der Waals surface area contributed by atoms with Gasteiger partial charge >= 0.3 is 0 Å². The van der Waals surface area contributed by atoms with E-state index in [4.69, 9.17) is 0 Å². The maximum absolute atomic E-state index is 13.3. The summed E-state index contributed by atoms with van der Waals surface area (Å²) in [5.74, 6) is -2.21. The van der Waals surface area contributed by atoms with Crippen LogP contribution in [0.1, 0.15) is 18.4 Å². The van der Waals surface area contributed by atoms with Crippen molar-refractivity contribution < 1.29 is 18.7 Å². The number of hydrogen-bond donors (Lipinski definition) is 2. The van der Waals surface area contributed by atoms with Gasteiger partial charge in [0.05, 0.1) is 0 Å². The molecule has 1 aromatic carbocycles. The highest BCUT2D eigenvalue weighted by Crippen LogP contribution is 2.24. The van der Waals surface area contributed by atoms with Gasteiger partial charge in [-0.25, -0.2) is 8.78 Å². The van der Waals surface area contributed by atoms with E-state index >= 15 is 0 Å². The summed E-state index contributed by atoms with van der Waals surface area (Å²) in [6, 6.07) is 3.59. The summed E-state index contributed by atoms with van der Waals surface area (Å²) in [7, 11) is 3.90. The zero-order valence-corrected chi connectivity index (χ0v) is 14.2. The van der Waals surface area contributed by atoms with Gasteiger partial charge in [0.2, 0.25) is 0 Å². The van der Waals surface area contributed by atoms with Crippen molar-refractivity contribution in [1.82, 2.24) is 15.1 Å². The van der Waals surface area contributed by atoms with Crippen molar-refractivity contribution in [2.75, 3.05) is 40.3 Å². The summed E-state index contributed by atoms with van der Waals surface area (Å²) in [4.78, 5) is 16.1. The summed E-state index contributed by atoms with van der Waals surface area (Å²) in [5, 5.41) is 13.8. The molecule has 134 valence electrons. The Labute approximate surface area is 141 Å². The molecule has 1 aromatic rings. The fourth-order valence-corrected chi connectivity index (χ4v) is 2.84. The van der Waals surface area contributed by atoms with Crippen LogP contribution in [0.4, 0.5) is 8.78 Å². The average Bonchev–Trinajstić information content (AvgIpc) is 2.52. The van der Waals surface area contributed by atoms with Gasteiger partial charge in [-0.1, -0.05) is 6.07 Å². The standard InChI is InChI=1S/C17H25F2N3O2/c1-21(2)9-7-20-12-17(24)6-3-8-22(16(17)23)11-13-4-5-14(18)15(19)10-13/h4-5,10,20,24H,3,6-9,11-12H2,1-2H3/t17-/m0/s1. The summed E-state index contributed by atoms with van der Waals surface area (Å²) >= 11 is 0. The molecule has 0 saturated carbocycles. The molecule has 1 aliphatic heterocycles. The Kier molecular flexibility index (Phi) is 6.26. The first-order chi connectivity index (χ1) is 11.3. The number of hydrogen-bond acceptors (Lipinski definition) is 4. The van der Waals surface area contributed by atoms with Gasteiger partial charge in [0.1, 0.15) is 0 Å². The van der Waals surface area contributed by atoms with Crippen molar-refractivity contribution in [1.29, 1.82) is 0 Å². The molecule has 0 aliphatic carbocycles. The number of benzene rings is 1. The quantitative estimate of drug-likeness (QED) is 0.726. The lowest BCUT2D eigenvalue weighted by molar-refractivity contribution is -0.157. The number of carbonyl (C=O) groups excluding carboxylic acids is 1. The number of rotatable bonds is 7. The molecule has 0 radical (unpaired) electrons. The highest BCUT2D eigenvalue weighted by Gasteiger charge is 2.41. The Bertz CT molecular complexity index is 583. The topological polar surface area (TPSA) is 55.8 Å². The van der Waals surface area contributed by atoms with Gasteiger partial charge in [-0.2, -0.15) is 0 Å². The van der Waals surface area contributed by atoms with Crippen LogP contribution in [0.25, 0.3) is 0 Å². The van der Waals surface area contributed by atoms with E-state index < -0.39 is 17.2 Å². The minimum absolute atomic E-state index is 0.163. The van der Waals surface area contributed by atoms with Crippen LogP contribution in [0, 0.1) is 11.6 Å². The van der Waals surface area contributed by atoms with Crippen LogP contribution in [-0.4, -0.2) is 66.7 Å². The van der Waals surface area contributed by atoms with Crippen molar-refractivity contribution in [3.63, 3.8) is 0 Å². The van der Waals surface area contributed by atoms with Gasteiger partial charge in [-0.15, -0.1) is 0 Å². The molecular weight excluding hydrogens is 316 g/mol. The van der Waals surface area contributed by atoms with E-state index in [1.165, 1.54) is 11.0 Å². The number of piperidine rings is 1. The first-order valence-electron chi connectivity index (χ1n) is 8.13. The predicted octanol–water partition coefficient (Wildman–Crippen LogP) is 0.970. The van der Waals surface area contributed by atoms with Crippen LogP contribution in [0.3, 0.4) is 0 Å². The molecule has 7 heteroatoms. The van der Waals surface area contributed by atoms with E-state index in [0.29, 0.717) is 31.5 Å². The summed E-state index contributed by atoms with van der Waals surface area (Å²) in [6.07, 6.45) is 1.07. The zero-order chi connectivity index (χ0) is 17.7. The number of nitrogens with zero attached hydrogens (tertiary/aromatic N) is 2. The van der Waals surface area contributed by atoms with Crippen LogP contribution >= 0.6 is 0 Å². The smallest absolute Gasteiger partial charge is 0.256 e. The van der Waals surface area contributed by atoms with Crippen LogP contribution < -0.4 is 5.32 Å². The van der Waals surface area contributed by atoms with E-state index in [0.717, 1.165) is 18.7 Å². The van der Waals surface area contributed by atoms with Gasteiger partial charge in [-0.05, 0) is 44.6 Å². The Balaban J connectivity index is 1.96. The molecular formula is C17H25F2N3O2. The third kappa shape index (κ3) is 4.72. The Hall–Kier alpha value is -1.57. The van der Waals surface area contributed by atoms with E-state index in [1.54, 1.807) is 0 Å². The lowest BCUT2D eigenvalue weighted by Crippen LogP contribution is -2.58. The first kappa shape index (κ1) is 18.8. The van der Waals surface area contributed by atoms with Gasteiger partial charge in [0, 0.05) is 32.7 Å². The molecule has 1 saturated heterocycles. The second-order valence-electron chi connectivity index (χ2n) is 6.59. The molecule has 24 heavy (non-hydrogen) atoms. The number of likely N-dealkylation sites (N-methyl/N-ethyl adjacent to an activating group) is 1. The fourth-order valence-electron chi connectivity index (χ4n) is 2.84. The maximum atomic E-state index is 13.3. The highest BCUT2D eigenvalue weighted by molar-refractivity contribution is 5.86. The van der Waals surface area contributed by atoms with Crippen molar-refractivity contribution >= 4 is 5.91 Å². The Morgan fingerprint density at radius 2 is 2.08 bits per heavy atom. The van der Waals surface area contributed by atoms with E-state index in [-0.39, 0.29) is 19.0 Å². The first-order valence-corrected chi connectivity index (χ1v) is 8.13. The highest BCUT2D eigenvalue weighted by atomic mass is 19.2. The lowest BCUT2D eigenvalue weighted by Gasteiger charge is -2.38. The normalized spacial score (nSPS) is 21.6. The second kappa shape index (κ2) is 8.00. The summed E-state index contributed by atoms with van der Waals surface area (Å²) in [6.45, 7) is 2.33. The van der Waals surface area contributed by atoms with E-state index in [9.17, 15) is 18.7 Å². The molecule has 1 heterocycles. The van der Waals surface area contributed by atoms with Gasteiger partial charge < -0.3 is 20.2 Å².